The van der Waals surface area contributed by atoms with E-state index in [1.807, 2.05) is 25.1 Å². The summed E-state index contributed by atoms with van der Waals surface area (Å²) in [5.41, 5.74) is 3.94. The molecule has 3 unspecified atom stereocenters. The van der Waals surface area contributed by atoms with Crippen molar-refractivity contribution in [1.29, 1.82) is 0 Å². The molecule has 42 heavy (non-hydrogen) atoms. The summed E-state index contributed by atoms with van der Waals surface area (Å²) < 4.78 is 8.02. The largest absolute Gasteiger partial charge is 0.390 e. The number of benzene rings is 1. The standard InChI is InChI=1S/C32H44ClN5O4/c1-17(2)38-26-12-22(8-9-23(26)30(40)21(6)27(38)14-37-19(4)15-42-16-20(37)5)29-24(33)13-34-32(36-29)35-25-11-18(3)7-10-28(39)31(25)41/h8-9,12-13,17-20,25,28,31,39,41H,7,10-11,14-16H2,1-6H3,(H,34,35,36)/t18?,19-,20-,25?,28?,31+/m0/s1. The maximum Gasteiger partial charge on any atom is 0.223 e. The highest BCUT2D eigenvalue weighted by Crippen LogP contribution is 2.32. The molecule has 1 aliphatic heterocycles. The van der Waals surface area contributed by atoms with Crippen molar-refractivity contribution in [2.75, 3.05) is 18.5 Å². The van der Waals surface area contributed by atoms with Crippen molar-refractivity contribution >= 4 is 28.5 Å². The molecule has 5 rings (SSSR count). The van der Waals surface area contributed by atoms with Gasteiger partial charge in [0.1, 0.15) is 6.10 Å². The van der Waals surface area contributed by atoms with Gasteiger partial charge in [-0.15, -0.1) is 0 Å². The van der Waals surface area contributed by atoms with E-state index in [1.54, 1.807) is 6.20 Å². The normalized spacial score (nSPS) is 27.4. The summed E-state index contributed by atoms with van der Waals surface area (Å²) in [6.45, 7) is 14.7. The lowest BCUT2D eigenvalue weighted by atomic mass is 9.99. The number of aliphatic hydroxyl groups is 2. The van der Waals surface area contributed by atoms with Crippen LogP contribution in [-0.4, -0.2) is 73.2 Å². The van der Waals surface area contributed by atoms with Gasteiger partial charge in [0.2, 0.25) is 5.95 Å². The molecule has 1 saturated carbocycles. The predicted molar refractivity (Wildman–Crippen MR) is 167 cm³/mol. The number of fused-ring (bicyclic) bond motifs is 1. The molecule has 0 radical (unpaired) electrons. The number of aliphatic hydroxyl groups excluding tert-OH is 2. The average molecular weight is 598 g/mol. The SMILES string of the molecule is Cc1c(CN2[C@@H](C)COC[C@@H]2C)n(C(C)C)c2cc(-c3nc(NC4CC(C)CCC(O)[C@@H]4O)ncc3Cl)ccc2c1=O. The summed E-state index contributed by atoms with van der Waals surface area (Å²) >= 11 is 6.65. The van der Waals surface area contributed by atoms with Crippen LogP contribution in [0.25, 0.3) is 22.2 Å². The van der Waals surface area contributed by atoms with Gasteiger partial charge in [0.25, 0.3) is 0 Å². The lowest BCUT2D eigenvalue weighted by Crippen LogP contribution is -2.49. The van der Waals surface area contributed by atoms with Gasteiger partial charge in [-0.3, -0.25) is 9.69 Å². The molecule has 3 aromatic rings. The Balaban J connectivity index is 1.57. The fourth-order valence-corrected chi connectivity index (χ4v) is 6.77. The molecular formula is C32H44ClN5O4. The van der Waals surface area contributed by atoms with Crippen molar-refractivity contribution in [2.24, 2.45) is 5.92 Å². The summed E-state index contributed by atoms with van der Waals surface area (Å²) in [6.07, 6.45) is 1.94. The van der Waals surface area contributed by atoms with Crippen LogP contribution in [0.1, 0.15) is 71.2 Å². The van der Waals surface area contributed by atoms with E-state index in [1.165, 1.54) is 0 Å². The number of morpholine rings is 1. The zero-order valence-electron chi connectivity index (χ0n) is 25.5. The number of anilines is 1. The second-order valence-electron chi connectivity index (χ2n) is 12.6. The van der Waals surface area contributed by atoms with Crippen LogP contribution in [0.3, 0.4) is 0 Å². The van der Waals surface area contributed by atoms with Gasteiger partial charge in [-0.2, -0.15) is 0 Å². The molecule has 2 aromatic heterocycles. The molecule has 0 amide bonds. The van der Waals surface area contributed by atoms with Crippen molar-refractivity contribution in [3.63, 3.8) is 0 Å². The summed E-state index contributed by atoms with van der Waals surface area (Å²) in [5.74, 6) is 0.677. The molecule has 0 bridgehead atoms. The number of ether oxygens (including phenoxy) is 1. The van der Waals surface area contributed by atoms with Gasteiger partial charge < -0.3 is 24.8 Å². The first-order valence-electron chi connectivity index (χ1n) is 15.1. The van der Waals surface area contributed by atoms with Crippen LogP contribution in [-0.2, 0) is 11.3 Å². The van der Waals surface area contributed by atoms with Gasteiger partial charge in [-0.1, -0.05) is 24.6 Å². The monoisotopic (exact) mass is 597 g/mol. The van der Waals surface area contributed by atoms with E-state index < -0.39 is 12.2 Å². The molecule has 1 saturated heterocycles. The minimum atomic E-state index is -0.919. The Morgan fingerprint density at radius 1 is 1.14 bits per heavy atom. The first kappa shape index (κ1) is 30.9. The third-order valence-electron chi connectivity index (χ3n) is 9.02. The third-order valence-corrected chi connectivity index (χ3v) is 9.29. The Hall–Kier alpha value is -2.56. The Morgan fingerprint density at radius 2 is 1.86 bits per heavy atom. The highest BCUT2D eigenvalue weighted by molar-refractivity contribution is 6.33. The van der Waals surface area contributed by atoms with Crippen molar-refractivity contribution in [1.82, 2.24) is 19.4 Å². The van der Waals surface area contributed by atoms with E-state index in [4.69, 9.17) is 21.3 Å². The maximum absolute atomic E-state index is 13.7. The summed E-state index contributed by atoms with van der Waals surface area (Å²) in [6, 6.07) is 5.94. The highest BCUT2D eigenvalue weighted by atomic mass is 35.5. The van der Waals surface area contributed by atoms with Crippen molar-refractivity contribution in [3.8, 4) is 11.3 Å². The van der Waals surface area contributed by atoms with E-state index >= 15 is 0 Å². The molecule has 1 aliphatic carbocycles. The molecule has 2 aliphatic rings. The lowest BCUT2D eigenvalue weighted by molar-refractivity contribution is -0.0420. The number of halogens is 1. The molecule has 2 fully saturated rings. The van der Waals surface area contributed by atoms with E-state index in [2.05, 4.69) is 54.4 Å². The predicted octanol–water partition coefficient (Wildman–Crippen LogP) is 4.93. The number of nitrogens with zero attached hydrogens (tertiary/aromatic N) is 4. The Labute approximate surface area is 252 Å². The van der Waals surface area contributed by atoms with Gasteiger partial charge >= 0.3 is 0 Å². The second-order valence-corrected chi connectivity index (χ2v) is 13.0. The second kappa shape index (κ2) is 12.6. The van der Waals surface area contributed by atoms with Crippen molar-refractivity contribution in [3.05, 3.63) is 50.9 Å². The number of rotatable bonds is 6. The van der Waals surface area contributed by atoms with Gasteiger partial charge in [0.15, 0.2) is 5.43 Å². The fourth-order valence-electron chi connectivity index (χ4n) is 6.57. The van der Waals surface area contributed by atoms with Gasteiger partial charge in [0, 0.05) is 46.9 Å². The first-order valence-corrected chi connectivity index (χ1v) is 15.5. The Morgan fingerprint density at radius 3 is 2.55 bits per heavy atom. The number of hydrogen-bond acceptors (Lipinski definition) is 8. The van der Waals surface area contributed by atoms with Gasteiger partial charge in [0.05, 0.1) is 47.8 Å². The van der Waals surface area contributed by atoms with Crippen LogP contribution in [0.4, 0.5) is 5.95 Å². The smallest absolute Gasteiger partial charge is 0.223 e. The minimum absolute atomic E-state index is 0.0307. The summed E-state index contributed by atoms with van der Waals surface area (Å²) in [5, 5.41) is 25.4. The van der Waals surface area contributed by atoms with Crippen LogP contribution in [0, 0.1) is 12.8 Å². The molecule has 1 aromatic carbocycles. The van der Waals surface area contributed by atoms with Crippen LogP contribution in [0.2, 0.25) is 5.02 Å². The van der Waals surface area contributed by atoms with E-state index in [9.17, 15) is 15.0 Å². The number of pyridine rings is 1. The topological polar surface area (TPSA) is 113 Å². The maximum atomic E-state index is 13.7. The van der Waals surface area contributed by atoms with Crippen LogP contribution in [0.5, 0.6) is 0 Å². The quantitative estimate of drug-likeness (QED) is 0.343. The molecule has 228 valence electrons. The van der Waals surface area contributed by atoms with Crippen LogP contribution >= 0.6 is 11.6 Å². The Kier molecular flexibility index (Phi) is 9.25. The van der Waals surface area contributed by atoms with Crippen molar-refractivity contribution < 1.29 is 14.9 Å². The molecule has 10 heteroatoms. The lowest BCUT2D eigenvalue weighted by Gasteiger charge is -2.39. The van der Waals surface area contributed by atoms with Gasteiger partial charge in [-0.25, -0.2) is 9.97 Å². The average Bonchev–Trinajstić information content (AvgIpc) is 3.07. The highest BCUT2D eigenvalue weighted by Gasteiger charge is 2.32. The number of aromatic nitrogens is 3. The summed E-state index contributed by atoms with van der Waals surface area (Å²) in [4.78, 5) is 25.2. The first-order chi connectivity index (χ1) is 20.0. The van der Waals surface area contributed by atoms with E-state index in [0.29, 0.717) is 60.6 Å². The third kappa shape index (κ3) is 6.08. The molecule has 3 N–H and O–H groups in total. The zero-order valence-corrected chi connectivity index (χ0v) is 26.2. The molecule has 0 spiro atoms. The Bertz CT molecular complexity index is 1480. The zero-order chi connectivity index (χ0) is 30.3. The molecule has 3 heterocycles. The van der Waals surface area contributed by atoms with Crippen LogP contribution in [0.15, 0.2) is 29.2 Å². The van der Waals surface area contributed by atoms with Gasteiger partial charge in [-0.05, 0) is 71.9 Å². The molecule has 9 nitrogen and oxygen atoms in total. The minimum Gasteiger partial charge on any atom is -0.390 e. The van der Waals surface area contributed by atoms with Crippen LogP contribution < -0.4 is 10.7 Å². The molecule has 6 atom stereocenters. The number of hydrogen-bond donors (Lipinski definition) is 3. The van der Waals surface area contributed by atoms with E-state index in [0.717, 1.165) is 28.8 Å². The fraction of sp³-hybridized carbons (Fsp3) is 0.594. The summed E-state index contributed by atoms with van der Waals surface area (Å²) in [7, 11) is 0. The van der Waals surface area contributed by atoms with Crippen molar-refractivity contribution in [2.45, 2.75) is 104 Å². The molecular weight excluding hydrogens is 554 g/mol. The number of nitrogens with one attached hydrogen (secondary N) is 1. The van der Waals surface area contributed by atoms with E-state index in [-0.39, 0.29) is 29.6 Å².